The van der Waals surface area contributed by atoms with Crippen molar-refractivity contribution in [3.8, 4) is 5.75 Å². The van der Waals surface area contributed by atoms with Gasteiger partial charge in [-0.3, -0.25) is 4.79 Å². The average molecular weight is 283 g/mol. The Morgan fingerprint density at radius 1 is 1.10 bits per heavy atom. The van der Waals surface area contributed by atoms with Crippen LogP contribution in [0.5, 0.6) is 5.75 Å². The summed E-state index contributed by atoms with van der Waals surface area (Å²) < 4.78 is 5.33. The highest BCUT2D eigenvalue weighted by Crippen LogP contribution is 2.18. The molecule has 0 aliphatic heterocycles. The molecule has 0 saturated carbocycles. The number of amides is 1. The molecule has 0 bridgehead atoms. The van der Waals surface area contributed by atoms with Crippen molar-refractivity contribution < 1.29 is 9.53 Å². The molecule has 3 nitrogen and oxygen atoms in total. The molecular weight excluding hydrogens is 262 g/mol. The first-order valence-corrected chi connectivity index (χ1v) is 7.06. The number of hydrogen-bond donors (Lipinski definition) is 0. The number of ether oxygens (including phenoxy) is 1. The van der Waals surface area contributed by atoms with Gasteiger partial charge in [0.2, 0.25) is 0 Å². The van der Waals surface area contributed by atoms with E-state index >= 15 is 0 Å². The zero-order chi connectivity index (χ0) is 15.2. The van der Waals surface area contributed by atoms with Gasteiger partial charge in [-0.1, -0.05) is 35.9 Å². The third kappa shape index (κ3) is 3.85. The number of likely N-dealkylation sites (N-methyl/N-ethyl adjacent to an activating group) is 1. The van der Waals surface area contributed by atoms with Crippen LogP contribution in [0.4, 0.5) is 0 Å². The molecule has 1 amide bonds. The summed E-state index contributed by atoms with van der Waals surface area (Å²) in [6, 6.07) is 15.6. The molecule has 0 heterocycles. The minimum Gasteiger partial charge on any atom is -0.496 e. The molecule has 0 radical (unpaired) electrons. The minimum atomic E-state index is 0.0462. The number of benzene rings is 2. The van der Waals surface area contributed by atoms with E-state index in [9.17, 15) is 4.79 Å². The summed E-state index contributed by atoms with van der Waals surface area (Å²) in [6.07, 6.45) is 0.776. The summed E-state index contributed by atoms with van der Waals surface area (Å²) in [4.78, 5) is 14.1. The predicted molar refractivity (Wildman–Crippen MR) is 84.8 cm³/mol. The van der Waals surface area contributed by atoms with E-state index in [0.29, 0.717) is 6.54 Å². The van der Waals surface area contributed by atoms with Crippen LogP contribution in [0.15, 0.2) is 48.5 Å². The van der Waals surface area contributed by atoms with Crippen molar-refractivity contribution >= 4 is 5.91 Å². The van der Waals surface area contributed by atoms with Crippen LogP contribution in [0.2, 0.25) is 0 Å². The molecule has 0 aliphatic rings. The summed E-state index contributed by atoms with van der Waals surface area (Å²) >= 11 is 0. The van der Waals surface area contributed by atoms with Crippen molar-refractivity contribution in [2.75, 3.05) is 20.7 Å². The largest absolute Gasteiger partial charge is 0.496 e. The van der Waals surface area contributed by atoms with E-state index in [4.69, 9.17) is 4.74 Å². The molecule has 21 heavy (non-hydrogen) atoms. The number of nitrogens with zero attached hydrogens (tertiary/aromatic N) is 1. The third-order valence-corrected chi connectivity index (χ3v) is 3.55. The molecule has 2 rings (SSSR count). The van der Waals surface area contributed by atoms with Crippen LogP contribution in [0, 0.1) is 6.92 Å². The van der Waals surface area contributed by atoms with Gasteiger partial charge in [-0.2, -0.15) is 0 Å². The summed E-state index contributed by atoms with van der Waals surface area (Å²) in [6.45, 7) is 2.67. The van der Waals surface area contributed by atoms with E-state index in [1.807, 2.05) is 62.5 Å². The second-order valence-corrected chi connectivity index (χ2v) is 5.15. The number of methoxy groups -OCH3 is 1. The Bertz CT molecular complexity index is 605. The van der Waals surface area contributed by atoms with Gasteiger partial charge < -0.3 is 9.64 Å². The second-order valence-electron chi connectivity index (χ2n) is 5.15. The fraction of sp³-hybridized carbons (Fsp3) is 0.278. The number of para-hydroxylation sites is 1. The van der Waals surface area contributed by atoms with Gasteiger partial charge in [-0.05, 0) is 37.1 Å². The SMILES string of the molecule is COc1ccccc1CCN(C)C(=O)c1ccc(C)cc1. The molecule has 2 aromatic carbocycles. The Labute approximate surface area is 126 Å². The minimum absolute atomic E-state index is 0.0462. The van der Waals surface area contributed by atoms with E-state index in [1.165, 1.54) is 0 Å². The standard InChI is InChI=1S/C18H21NO2/c1-14-8-10-16(11-9-14)18(20)19(2)13-12-15-6-4-5-7-17(15)21-3/h4-11H,12-13H2,1-3H3. The van der Waals surface area contributed by atoms with Crippen molar-refractivity contribution in [2.24, 2.45) is 0 Å². The molecule has 110 valence electrons. The van der Waals surface area contributed by atoms with Crippen molar-refractivity contribution in [1.29, 1.82) is 0 Å². The highest BCUT2D eigenvalue weighted by molar-refractivity contribution is 5.94. The van der Waals surface area contributed by atoms with Crippen LogP contribution in [-0.2, 0) is 6.42 Å². The maximum absolute atomic E-state index is 12.3. The predicted octanol–water partition coefficient (Wildman–Crippen LogP) is 3.32. The van der Waals surface area contributed by atoms with E-state index in [0.717, 1.165) is 28.9 Å². The van der Waals surface area contributed by atoms with Gasteiger partial charge in [0.15, 0.2) is 0 Å². The van der Waals surface area contributed by atoms with Gasteiger partial charge >= 0.3 is 0 Å². The monoisotopic (exact) mass is 283 g/mol. The molecule has 0 fully saturated rings. The highest BCUT2D eigenvalue weighted by Gasteiger charge is 2.12. The van der Waals surface area contributed by atoms with Crippen LogP contribution < -0.4 is 4.74 Å². The van der Waals surface area contributed by atoms with Crippen LogP contribution >= 0.6 is 0 Å². The second kappa shape index (κ2) is 6.93. The lowest BCUT2D eigenvalue weighted by molar-refractivity contribution is 0.0796. The first kappa shape index (κ1) is 15.1. The normalized spacial score (nSPS) is 10.2. The van der Waals surface area contributed by atoms with E-state index in [1.54, 1.807) is 12.0 Å². The van der Waals surface area contributed by atoms with Gasteiger partial charge in [0, 0.05) is 19.2 Å². The van der Waals surface area contributed by atoms with Crippen LogP contribution in [0.1, 0.15) is 21.5 Å². The van der Waals surface area contributed by atoms with E-state index in [2.05, 4.69) is 0 Å². The fourth-order valence-corrected chi connectivity index (χ4v) is 2.22. The Hall–Kier alpha value is -2.29. The van der Waals surface area contributed by atoms with Crippen LogP contribution in [-0.4, -0.2) is 31.5 Å². The smallest absolute Gasteiger partial charge is 0.253 e. The molecule has 3 heteroatoms. The van der Waals surface area contributed by atoms with Crippen molar-refractivity contribution in [3.05, 3.63) is 65.2 Å². The highest BCUT2D eigenvalue weighted by atomic mass is 16.5. The van der Waals surface area contributed by atoms with Crippen molar-refractivity contribution in [1.82, 2.24) is 4.90 Å². The van der Waals surface area contributed by atoms with E-state index < -0.39 is 0 Å². The van der Waals surface area contributed by atoms with Crippen molar-refractivity contribution in [2.45, 2.75) is 13.3 Å². The van der Waals surface area contributed by atoms with Crippen LogP contribution in [0.25, 0.3) is 0 Å². The molecule has 0 aliphatic carbocycles. The maximum Gasteiger partial charge on any atom is 0.253 e. The van der Waals surface area contributed by atoms with Crippen molar-refractivity contribution in [3.63, 3.8) is 0 Å². The van der Waals surface area contributed by atoms with Gasteiger partial charge in [0.25, 0.3) is 5.91 Å². The molecular formula is C18H21NO2. The number of hydrogen-bond acceptors (Lipinski definition) is 2. The number of rotatable bonds is 5. The maximum atomic E-state index is 12.3. The number of aryl methyl sites for hydroxylation is 1. The first-order valence-electron chi connectivity index (χ1n) is 7.06. The Morgan fingerprint density at radius 2 is 1.76 bits per heavy atom. The quantitative estimate of drug-likeness (QED) is 0.842. The van der Waals surface area contributed by atoms with Gasteiger partial charge in [0.1, 0.15) is 5.75 Å². The lowest BCUT2D eigenvalue weighted by Gasteiger charge is -2.18. The van der Waals surface area contributed by atoms with Crippen LogP contribution in [0.3, 0.4) is 0 Å². The Kier molecular flexibility index (Phi) is 4.99. The zero-order valence-corrected chi connectivity index (χ0v) is 12.8. The number of carbonyl (C=O) groups is 1. The van der Waals surface area contributed by atoms with Gasteiger partial charge in [-0.25, -0.2) is 0 Å². The molecule has 0 atom stereocenters. The molecule has 0 aromatic heterocycles. The molecule has 0 N–H and O–H groups in total. The fourth-order valence-electron chi connectivity index (χ4n) is 2.22. The van der Waals surface area contributed by atoms with Gasteiger partial charge in [-0.15, -0.1) is 0 Å². The van der Waals surface area contributed by atoms with E-state index in [-0.39, 0.29) is 5.91 Å². The zero-order valence-electron chi connectivity index (χ0n) is 12.8. The Balaban J connectivity index is 1.99. The average Bonchev–Trinajstić information content (AvgIpc) is 2.52. The molecule has 2 aromatic rings. The third-order valence-electron chi connectivity index (χ3n) is 3.55. The topological polar surface area (TPSA) is 29.5 Å². The molecule has 0 spiro atoms. The molecule has 0 saturated heterocycles. The summed E-state index contributed by atoms with van der Waals surface area (Å²) in [7, 11) is 3.50. The lowest BCUT2D eigenvalue weighted by Crippen LogP contribution is -2.28. The number of carbonyl (C=O) groups excluding carboxylic acids is 1. The molecule has 0 unspecified atom stereocenters. The first-order chi connectivity index (χ1) is 10.1. The summed E-state index contributed by atoms with van der Waals surface area (Å²) in [5.74, 6) is 0.915. The summed E-state index contributed by atoms with van der Waals surface area (Å²) in [5, 5.41) is 0. The summed E-state index contributed by atoms with van der Waals surface area (Å²) in [5.41, 5.74) is 3.00. The van der Waals surface area contributed by atoms with Gasteiger partial charge in [0.05, 0.1) is 7.11 Å². The lowest BCUT2D eigenvalue weighted by atomic mass is 10.1. The Morgan fingerprint density at radius 3 is 2.43 bits per heavy atom.